The summed E-state index contributed by atoms with van der Waals surface area (Å²) in [5.74, 6) is -1.65. The second-order valence-electron chi connectivity index (χ2n) is 8.06. The molecule has 3 rings (SSSR count). The normalized spacial score (nSPS) is 20.8. The Morgan fingerprint density at radius 1 is 1.31 bits per heavy atom. The van der Waals surface area contributed by atoms with Crippen molar-refractivity contribution in [1.29, 1.82) is 0 Å². The molecule has 2 saturated heterocycles. The third-order valence-corrected chi connectivity index (χ3v) is 5.38. The van der Waals surface area contributed by atoms with E-state index in [4.69, 9.17) is 9.47 Å². The van der Waals surface area contributed by atoms with Crippen LogP contribution >= 0.6 is 0 Å². The summed E-state index contributed by atoms with van der Waals surface area (Å²) in [7, 11) is 0. The molecule has 1 N–H and O–H groups in total. The van der Waals surface area contributed by atoms with Crippen molar-refractivity contribution in [3.05, 3.63) is 23.0 Å². The van der Waals surface area contributed by atoms with Gasteiger partial charge < -0.3 is 19.4 Å². The summed E-state index contributed by atoms with van der Waals surface area (Å²) in [5, 5.41) is 2.48. The molecule has 158 valence electrons. The van der Waals surface area contributed by atoms with Crippen molar-refractivity contribution >= 4 is 23.7 Å². The molecule has 29 heavy (non-hydrogen) atoms. The zero-order chi connectivity index (χ0) is 21.3. The number of hydrogen-bond acceptors (Lipinski definition) is 6. The maximum absolute atomic E-state index is 12.6. The molecular weight excluding hydrogens is 378 g/mol. The fourth-order valence-electron chi connectivity index (χ4n) is 3.72. The summed E-state index contributed by atoms with van der Waals surface area (Å²) >= 11 is 0. The van der Waals surface area contributed by atoms with Gasteiger partial charge in [0.05, 0.1) is 6.10 Å². The Labute approximate surface area is 169 Å². The van der Waals surface area contributed by atoms with Crippen molar-refractivity contribution in [1.82, 2.24) is 14.8 Å². The van der Waals surface area contributed by atoms with Crippen LogP contribution < -0.4 is 5.32 Å². The average molecular weight is 405 g/mol. The van der Waals surface area contributed by atoms with Crippen molar-refractivity contribution in [3.8, 4) is 0 Å². The van der Waals surface area contributed by atoms with Gasteiger partial charge in [0, 0.05) is 30.1 Å². The topological polar surface area (TPSA) is 107 Å². The number of amides is 3. The number of ether oxygens (including phenoxy) is 2. The lowest BCUT2D eigenvalue weighted by molar-refractivity contribution is -0.146. The number of ketones is 1. The van der Waals surface area contributed by atoms with E-state index in [0.717, 1.165) is 35.7 Å². The zero-order valence-corrected chi connectivity index (χ0v) is 17.2. The van der Waals surface area contributed by atoms with Crippen molar-refractivity contribution < 1.29 is 28.7 Å². The van der Waals surface area contributed by atoms with Gasteiger partial charge in [-0.05, 0) is 46.6 Å². The van der Waals surface area contributed by atoms with Crippen LogP contribution in [0.4, 0.5) is 4.79 Å². The van der Waals surface area contributed by atoms with Gasteiger partial charge in [-0.1, -0.05) is 0 Å². The minimum absolute atomic E-state index is 0.147. The maximum Gasteiger partial charge on any atom is 0.326 e. The van der Waals surface area contributed by atoms with Gasteiger partial charge in [0.2, 0.25) is 5.78 Å². The minimum Gasteiger partial charge on any atom is -0.456 e. The van der Waals surface area contributed by atoms with E-state index in [9.17, 15) is 19.2 Å². The molecule has 0 aliphatic carbocycles. The molecule has 0 aromatic carbocycles. The smallest absolute Gasteiger partial charge is 0.326 e. The molecule has 1 aromatic rings. The van der Waals surface area contributed by atoms with Crippen molar-refractivity contribution in [2.75, 3.05) is 19.8 Å². The predicted octanol–water partition coefficient (Wildman–Crippen LogP) is 1.34. The molecule has 3 amide bonds. The number of aryl methyl sites for hydroxylation is 1. The summed E-state index contributed by atoms with van der Waals surface area (Å²) in [6.45, 7) is 7.35. The molecule has 3 heterocycles. The molecular formula is C20H27N3O6. The first-order valence-electron chi connectivity index (χ1n) is 9.71. The van der Waals surface area contributed by atoms with Gasteiger partial charge in [0.1, 0.15) is 12.1 Å². The molecule has 2 aliphatic rings. The van der Waals surface area contributed by atoms with Gasteiger partial charge in [-0.15, -0.1) is 0 Å². The van der Waals surface area contributed by atoms with E-state index >= 15 is 0 Å². The van der Waals surface area contributed by atoms with Crippen molar-refractivity contribution in [3.63, 3.8) is 0 Å². The highest BCUT2D eigenvalue weighted by atomic mass is 16.5. The van der Waals surface area contributed by atoms with Crippen molar-refractivity contribution in [2.24, 2.45) is 0 Å². The first-order chi connectivity index (χ1) is 13.6. The number of carbonyl (C=O) groups is 4. The first kappa shape index (κ1) is 21.0. The highest BCUT2D eigenvalue weighted by Crippen LogP contribution is 2.21. The summed E-state index contributed by atoms with van der Waals surface area (Å²) in [5.41, 5.74) is 1.17. The van der Waals surface area contributed by atoms with Gasteiger partial charge in [-0.25, -0.2) is 4.79 Å². The molecule has 0 spiro atoms. The number of urea groups is 1. The van der Waals surface area contributed by atoms with Crippen LogP contribution in [0.5, 0.6) is 0 Å². The van der Waals surface area contributed by atoms with Crippen LogP contribution in [0.2, 0.25) is 0 Å². The number of rotatable bonds is 7. The molecule has 0 saturated carbocycles. The molecule has 1 aromatic heterocycles. The van der Waals surface area contributed by atoms with Crippen LogP contribution in [-0.4, -0.2) is 64.6 Å². The molecule has 9 heteroatoms. The van der Waals surface area contributed by atoms with Crippen LogP contribution in [0.3, 0.4) is 0 Å². The highest BCUT2D eigenvalue weighted by Gasteiger charge is 2.45. The van der Waals surface area contributed by atoms with Gasteiger partial charge in [-0.3, -0.25) is 19.3 Å². The number of carbonyl (C=O) groups excluding carboxylic acids is 4. The van der Waals surface area contributed by atoms with E-state index < -0.39 is 36.6 Å². The van der Waals surface area contributed by atoms with E-state index in [1.807, 2.05) is 18.4 Å². The van der Waals surface area contributed by atoms with Crippen molar-refractivity contribution in [2.45, 2.75) is 58.7 Å². The Balaban J connectivity index is 1.57. The van der Waals surface area contributed by atoms with E-state index in [0.29, 0.717) is 12.1 Å². The number of imide groups is 1. The Morgan fingerprint density at radius 3 is 2.62 bits per heavy atom. The summed E-state index contributed by atoms with van der Waals surface area (Å²) < 4.78 is 12.7. The fourth-order valence-corrected chi connectivity index (χ4v) is 3.72. The fraction of sp³-hybridized carbons (Fsp3) is 0.600. The summed E-state index contributed by atoms with van der Waals surface area (Å²) in [6, 6.07) is 1.13. The first-order valence-corrected chi connectivity index (χ1v) is 9.71. The van der Waals surface area contributed by atoms with E-state index in [2.05, 4.69) is 5.32 Å². The molecule has 0 unspecified atom stereocenters. The van der Waals surface area contributed by atoms with Gasteiger partial charge in [-0.2, -0.15) is 0 Å². The second-order valence-corrected chi connectivity index (χ2v) is 8.06. The average Bonchev–Trinajstić information content (AvgIpc) is 3.31. The zero-order valence-electron chi connectivity index (χ0n) is 17.2. The number of nitrogens with one attached hydrogen (secondary N) is 1. The van der Waals surface area contributed by atoms with Crippen LogP contribution in [-0.2, 0) is 25.6 Å². The Hall–Kier alpha value is -2.68. The standard InChI is InChI=1S/C20H27N3O6/c1-12-8-15(13(2)22(12)9-14-6-5-7-28-14)16(24)11-29-17(25)10-23-18(26)20(3,4)21-19(23)27/h8,14H,5-7,9-11H2,1-4H3,(H,21,27)/t14-/m1/s1. The van der Waals surface area contributed by atoms with E-state index in [-0.39, 0.29) is 11.9 Å². The monoisotopic (exact) mass is 405 g/mol. The lowest BCUT2D eigenvalue weighted by atomic mass is 10.1. The van der Waals surface area contributed by atoms with E-state index in [1.165, 1.54) is 0 Å². The molecule has 0 bridgehead atoms. The minimum atomic E-state index is -1.06. The largest absolute Gasteiger partial charge is 0.456 e. The molecule has 2 fully saturated rings. The van der Waals surface area contributed by atoms with E-state index in [1.54, 1.807) is 19.9 Å². The summed E-state index contributed by atoms with van der Waals surface area (Å²) in [6.07, 6.45) is 2.19. The Kier molecular flexibility index (Phi) is 5.79. The quantitative estimate of drug-likeness (QED) is 0.417. The third kappa shape index (κ3) is 4.34. The van der Waals surface area contributed by atoms with Crippen LogP contribution in [0, 0.1) is 13.8 Å². The number of nitrogens with zero attached hydrogens (tertiary/aromatic N) is 2. The van der Waals surface area contributed by atoms with Gasteiger partial charge in [0.15, 0.2) is 6.61 Å². The number of esters is 1. The molecule has 2 aliphatic heterocycles. The van der Waals surface area contributed by atoms with Gasteiger partial charge in [0.25, 0.3) is 5.91 Å². The lowest BCUT2D eigenvalue weighted by Gasteiger charge is -2.15. The SMILES string of the molecule is Cc1cc(C(=O)COC(=O)CN2C(=O)NC(C)(C)C2=O)c(C)n1C[C@H]1CCCO1. The number of aromatic nitrogens is 1. The van der Waals surface area contributed by atoms with Gasteiger partial charge >= 0.3 is 12.0 Å². The molecule has 1 atom stereocenters. The molecule has 9 nitrogen and oxygen atoms in total. The highest BCUT2D eigenvalue weighted by molar-refractivity contribution is 6.08. The lowest BCUT2D eigenvalue weighted by Crippen LogP contribution is -2.41. The van der Waals surface area contributed by atoms with Crippen LogP contribution in [0.25, 0.3) is 0 Å². The Bertz CT molecular complexity index is 851. The predicted molar refractivity (Wildman–Crippen MR) is 102 cm³/mol. The third-order valence-electron chi connectivity index (χ3n) is 5.38. The van der Waals surface area contributed by atoms with Crippen LogP contribution in [0.1, 0.15) is 48.4 Å². The van der Waals surface area contributed by atoms with Crippen LogP contribution in [0.15, 0.2) is 6.07 Å². The summed E-state index contributed by atoms with van der Waals surface area (Å²) in [4.78, 5) is 49.3. The maximum atomic E-state index is 12.6. The second kappa shape index (κ2) is 7.98. The molecule has 0 radical (unpaired) electrons. The Morgan fingerprint density at radius 2 is 2.03 bits per heavy atom. The number of hydrogen-bond donors (Lipinski definition) is 1. The number of Topliss-reactive ketones (excluding diaryl/α,β-unsaturated/α-hetero) is 1.